The van der Waals surface area contributed by atoms with E-state index in [2.05, 4.69) is 41.1 Å². The van der Waals surface area contributed by atoms with Crippen LogP contribution in [0.2, 0.25) is 0 Å². The Labute approximate surface area is 167 Å². The molecular weight excluding hydrogens is 350 g/mol. The number of carbonyl (C=O) groups excluding carboxylic acids is 1. The summed E-state index contributed by atoms with van der Waals surface area (Å²) in [5.41, 5.74) is 3.73. The molecule has 1 atom stereocenters. The van der Waals surface area contributed by atoms with Crippen molar-refractivity contribution >= 4 is 5.91 Å². The lowest BCUT2D eigenvalue weighted by Crippen LogP contribution is -2.42. The summed E-state index contributed by atoms with van der Waals surface area (Å²) in [6.45, 7) is 7.92. The molecule has 1 aromatic heterocycles. The highest BCUT2D eigenvalue weighted by Gasteiger charge is 2.23. The standard InChI is InChI=1S/C23H31N3O2/c1-17-7-4-5-9-20(17)10-12-26-11-6-8-19(16-26)15-25(3)23(28)21-13-18(2)24-22(27)14-21/h4-5,7,9,13-14,19H,6,8,10-12,15-16H2,1-3H3,(H,24,27)/t19-/m1/s1. The number of piperidine rings is 1. The lowest BCUT2D eigenvalue weighted by atomic mass is 9.96. The van der Waals surface area contributed by atoms with Crippen molar-refractivity contribution in [3.05, 3.63) is 69.1 Å². The zero-order valence-corrected chi connectivity index (χ0v) is 17.2. The number of benzene rings is 1. The molecule has 1 aromatic carbocycles. The summed E-state index contributed by atoms with van der Waals surface area (Å²) >= 11 is 0. The molecule has 2 heterocycles. The van der Waals surface area contributed by atoms with Gasteiger partial charge in [-0.15, -0.1) is 0 Å². The predicted molar refractivity (Wildman–Crippen MR) is 113 cm³/mol. The third kappa shape index (κ3) is 5.32. The van der Waals surface area contributed by atoms with Gasteiger partial charge in [0.15, 0.2) is 0 Å². The summed E-state index contributed by atoms with van der Waals surface area (Å²) in [6, 6.07) is 11.7. The van der Waals surface area contributed by atoms with Crippen LogP contribution in [0.15, 0.2) is 41.2 Å². The monoisotopic (exact) mass is 381 g/mol. The lowest BCUT2D eigenvalue weighted by molar-refractivity contribution is 0.0730. The summed E-state index contributed by atoms with van der Waals surface area (Å²) < 4.78 is 0. The minimum Gasteiger partial charge on any atom is -0.341 e. The Hall–Kier alpha value is -2.40. The number of aryl methyl sites for hydroxylation is 2. The zero-order chi connectivity index (χ0) is 20.1. The van der Waals surface area contributed by atoms with Gasteiger partial charge in [-0.2, -0.15) is 0 Å². The molecule has 1 aliphatic rings. The van der Waals surface area contributed by atoms with E-state index in [0.717, 1.165) is 39.0 Å². The summed E-state index contributed by atoms with van der Waals surface area (Å²) in [6.07, 6.45) is 3.39. The zero-order valence-electron chi connectivity index (χ0n) is 17.2. The number of aromatic amines is 1. The second-order valence-corrected chi connectivity index (χ2v) is 8.09. The van der Waals surface area contributed by atoms with Gasteiger partial charge in [0.1, 0.15) is 0 Å². The van der Waals surface area contributed by atoms with Gasteiger partial charge >= 0.3 is 0 Å². The van der Waals surface area contributed by atoms with Gasteiger partial charge in [-0.25, -0.2) is 0 Å². The van der Waals surface area contributed by atoms with Crippen LogP contribution in [0.5, 0.6) is 0 Å². The highest BCUT2D eigenvalue weighted by atomic mass is 16.2. The van der Waals surface area contributed by atoms with Gasteiger partial charge in [0.25, 0.3) is 5.91 Å². The Morgan fingerprint density at radius 1 is 1.25 bits per heavy atom. The number of nitrogens with zero attached hydrogens (tertiary/aromatic N) is 2. The third-order valence-corrected chi connectivity index (χ3v) is 5.67. The number of likely N-dealkylation sites (tertiary alicyclic amines) is 1. The van der Waals surface area contributed by atoms with E-state index in [9.17, 15) is 9.59 Å². The van der Waals surface area contributed by atoms with Crippen LogP contribution in [0.4, 0.5) is 0 Å². The average molecular weight is 382 g/mol. The summed E-state index contributed by atoms with van der Waals surface area (Å²) in [5.74, 6) is 0.397. The second kappa shape index (κ2) is 9.20. The molecule has 0 bridgehead atoms. The molecule has 28 heavy (non-hydrogen) atoms. The van der Waals surface area contributed by atoms with E-state index in [0.29, 0.717) is 17.2 Å². The first-order chi connectivity index (χ1) is 13.4. The number of aromatic nitrogens is 1. The highest BCUT2D eigenvalue weighted by molar-refractivity contribution is 5.94. The van der Waals surface area contributed by atoms with Gasteiger partial charge in [-0.3, -0.25) is 9.59 Å². The van der Waals surface area contributed by atoms with E-state index < -0.39 is 0 Å². The van der Waals surface area contributed by atoms with Crippen LogP contribution in [0.3, 0.4) is 0 Å². The molecule has 1 aliphatic heterocycles. The largest absolute Gasteiger partial charge is 0.341 e. The maximum Gasteiger partial charge on any atom is 0.253 e. The molecule has 2 aromatic rings. The van der Waals surface area contributed by atoms with Crippen molar-refractivity contribution in [2.75, 3.05) is 33.2 Å². The molecule has 5 heteroatoms. The number of nitrogens with one attached hydrogen (secondary N) is 1. The average Bonchev–Trinajstić information content (AvgIpc) is 2.66. The molecule has 1 amide bonds. The van der Waals surface area contributed by atoms with Gasteiger partial charge in [0.2, 0.25) is 5.56 Å². The van der Waals surface area contributed by atoms with Crippen molar-refractivity contribution in [2.24, 2.45) is 5.92 Å². The number of amides is 1. The number of pyridine rings is 1. The summed E-state index contributed by atoms with van der Waals surface area (Å²) in [5, 5.41) is 0. The number of H-pyrrole nitrogens is 1. The van der Waals surface area contributed by atoms with E-state index in [4.69, 9.17) is 0 Å². The van der Waals surface area contributed by atoms with Crippen molar-refractivity contribution < 1.29 is 4.79 Å². The molecule has 1 N–H and O–H groups in total. The maximum absolute atomic E-state index is 12.7. The van der Waals surface area contributed by atoms with Gasteiger partial charge in [0, 0.05) is 44.0 Å². The van der Waals surface area contributed by atoms with Crippen molar-refractivity contribution in [1.29, 1.82) is 0 Å². The van der Waals surface area contributed by atoms with E-state index >= 15 is 0 Å². The molecule has 0 saturated carbocycles. The lowest BCUT2D eigenvalue weighted by Gasteiger charge is -2.35. The van der Waals surface area contributed by atoms with Gasteiger partial charge < -0.3 is 14.8 Å². The number of hydrogen-bond donors (Lipinski definition) is 1. The fourth-order valence-electron chi connectivity index (χ4n) is 4.17. The predicted octanol–water partition coefficient (Wildman–Crippen LogP) is 3.02. The van der Waals surface area contributed by atoms with Crippen molar-refractivity contribution in [1.82, 2.24) is 14.8 Å². The second-order valence-electron chi connectivity index (χ2n) is 8.09. The highest BCUT2D eigenvalue weighted by Crippen LogP contribution is 2.19. The normalized spacial score (nSPS) is 17.5. The summed E-state index contributed by atoms with van der Waals surface area (Å²) in [4.78, 5) is 31.3. The van der Waals surface area contributed by atoms with Crippen molar-refractivity contribution in [2.45, 2.75) is 33.1 Å². The van der Waals surface area contributed by atoms with Gasteiger partial charge in [-0.1, -0.05) is 24.3 Å². The van der Waals surface area contributed by atoms with Crippen LogP contribution in [0, 0.1) is 19.8 Å². The third-order valence-electron chi connectivity index (χ3n) is 5.67. The molecule has 3 rings (SSSR count). The van der Waals surface area contributed by atoms with E-state index in [1.807, 2.05) is 7.05 Å². The van der Waals surface area contributed by atoms with Gasteiger partial charge in [0.05, 0.1) is 0 Å². The van der Waals surface area contributed by atoms with Crippen LogP contribution in [-0.4, -0.2) is 53.9 Å². The molecule has 0 radical (unpaired) electrons. The molecule has 0 spiro atoms. The Bertz CT molecular complexity index is 874. The molecule has 1 saturated heterocycles. The molecule has 0 aliphatic carbocycles. The van der Waals surface area contributed by atoms with Crippen LogP contribution in [0.1, 0.15) is 40.0 Å². The van der Waals surface area contributed by atoms with Crippen molar-refractivity contribution in [3.63, 3.8) is 0 Å². The first-order valence-electron chi connectivity index (χ1n) is 10.2. The van der Waals surface area contributed by atoms with Crippen LogP contribution in [0.25, 0.3) is 0 Å². The molecular formula is C23H31N3O2. The molecule has 5 nitrogen and oxygen atoms in total. The Morgan fingerprint density at radius 2 is 2.04 bits per heavy atom. The topological polar surface area (TPSA) is 56.4 Å². The van der Waals surface area contributed by atoms with Crippen LogP contribution < -0.4 is 5.56 Å². The van der Waals surface area contributed by atoms with Crippen molar-refractivity contribution in [3.8, 4) is 0 Å². The molecule has 1 fully saturated rings. The SMILES string of the molecule is Cc1cc(C(=O)N(C)C[C@H]2CCCN(CCc3ccccc3C)C2)cc(=O)[nH]1. The molecule has 0 unspecified atom stereocenters. The minimum absolute atomic E-state index is 0.0776. The number of rotatable bonds is 6. The Kier molecular flexibility index (Phi) is 6.68. The van der Waals surface area contributed by atoms with Crippen LogP contribution in [-0.2, 0) is 6.42 Å². The van der Waals surface area contributed by atoms with Gasteiger partial charge in [-0.05, 0) is 62.8 Å². The number of carbonyl (C=O) groups is 1. The Morgan fingerprint density at radius 3 is 2.79 bits per heavy atom. The molecule has 150 valence electrons. The first kappa shape index (κ1) is 20.3. The maximum atomic E-state index is 12.7. The Balaban J connectivity index is 1.54. The van der Waals surface area contributed by atoms with E-state index in [-0.39, 0.29) is 11.5 Å². The van der Waals surface area contributed by atoms with Crippen LogP contribution >= 0.6 is 0 Å². The quantitative estimate of drug-likeness (QED) is 0.837. The van der Waals surface area contributed by atoms with E-state index in [1.54, 1.807) is 17.9 Å². The van der Waals surface area contributed by atoms with E-state index in [1.165, 1.54) is 23.6 Å². The first-order valence-corrected chi connectivity index (χ1v) is 10.2. The minimum atomic E-state index is -0.225. The fourth-order valence-corrected chi connectivity index (χ4v) is 4.17. The summed E-state index contributed by atoms with van der Waals surface area (Å²) in [7, 11) is 1.84. The fraction of sp³-hybridized carbons (Fsp3) is 0.478. The smallest absolute Gasteiger partial charge is 0.253 e. The number of hydrogen-bond acceptors (Lipinski definition) is 3.